The van der Waals surface area contributed by atoms with E-state index in [1.807, 2.05) is 0 Å². The number of hydrogen-bond donors (Lipinski definition) is 3. The van der Waals surface area contributed by atoms with E-state index in [0.29, 0.717) is 0 Å². The second kappa shape index (κ2) is 3.19. The van der Waals surface area contributed by atoms with Crippen LogP contribution in [0.15, 0.2) is 0 Å². The Morgan fingerprint density at radius 1 is 1.88 bits per heavy atom. The fourth-order valence-electron chi connectivity index (χ4n) is 0.157. The molecule has 0 spiro atoms. The van der Waals surface area contributed by atoms with Crippen molar-refractivity contribution in [2.75, 3.05) is 7.05 Å². The predicted molar refractivity (Wildman–Crippen MR) is 25.8 cm³/mol. The van der Waals surface area contributed by atoms with Crippen molar-refractivity contribution in [3.05, 3.63) is 0 Å². The number of nitrogens with zero attached hydrogens (tertiary/aromatic N) is 1. The van der Waals surface area contributed by atoms with Gasteiger partial charge in [0, 0.05) is 7.05 Å². The molecule has 0 rings (SSSR count). The van der Waals surface area contributed by atoms with Gasteiger partial charge >= 0.3 is 6.09 Å². The minimum absolute atomic E-state index is 0.738. The largest absolute Gasteiger partial charge is 0.441 e. The molecule has 1 amide bonds. The smallest absolute Gasteiger partial charge is 0.335 e. The van der Waals surface area contributed by atoms with Crippen LogP contribution in [0.5, 0.6) is 0 Å². The molecule has 6 nitrogen and oxygen atoms in total. The molecular weight excluding hydrogens is 112 g/mol. The Kier molecular flexibility index (Phi) is 2.85. The third-order valence-corrected chi connectivity index (χ3v) is 0.345. The molecule has 0 atom stereocenters. The van der Waals surface area contributed by atoms with Gasteiger partial charge in [0.2, 0.25) is 0 Å². The molecule has 0 aromatic rings. The zero-order valence-electron chi connectivity index (χ0n) is 4.42. The minimum atomic E-state index is -0.796. The lowest BCUT2D eigenvalue weighted by Crippen LogP contribution is -2.38. The molecule has 0 aliphatic carbocycles. The highest BCUT2D eigenvalue weighted by Crippen LogP contribution is 1.72. The van der Waals surface area contributed by atoms with Crippen LogP contribution in [-0.2, 0) is 4.84 Å². The number of nitrogens with two attached hydrogens (primary N) is 2. The summed E-state index contributed by atoms with van der Waals surface area (Å²) in [7, 11) is 1.36. The Morgan fingerprint density at radius 2 is 2.38 bits per heavy atom. The maximum Gasteiger partial charge on any atom is 0.441 e. The first-order valence-corrected chi connectivity index (χ1v) is 1.83. The molecule has 0 fully saturated rings. The molecule has 8 heavy (non-hydrogen) atoms. The number of carbonyl (C=O) groups excluding carboxylic acids is 1. The number of carbonyl (C=O) groups is 1. The first-order valence-electron chi connectivity index (χ1n) is 1.83. The molecule has 5 N–H and O–H groups in total. The lowest BCUT2D eigenvalue weighted by molar-refractivity contribution is -0.0792. The van der Waals surface area contributed by atoms with Crippen LogP contribution in [0.25, 0.3) is 0 Å². The average molecular weight is 120 g/mol. The number of hydroxylamine groups is 1. The molecule has 0 aliphatic rings. The van der Waals surface area contributed by atoms with Gasteiger partial charge in [-0.25, -0.2) is 16.5 Å². The van der Waals surface area contributed by atoms with Gasteiger partial charge in [0.1, 0.15) is 0 Å². The molecule has 0 unspecified atom stereocenters. The highest BCUT2D eigenvalue weighted by atomic mass is 16.7. The van der Waals surface area contributed by atoms with Crippen LogP contribution in [0.2, 0.25) is 0 Å². The summed E-state index contributed by atoms with van der Waals surface area (Å²) in [6.07, 6.45) is -0.796. The lowest BCUT2D eigenvalue weighted by atomic mass is 11.2. The van der Waals surface area contributed by atoms with Gasteiger partial charge in [0.05, 0.1) is 0 Å². The summed E-state index contributed by atoms with van der Waals surface area (Å²) >= 11 is 0. The van der Waals surface area contributed by atoms with Crippen molar-refractivity contribution >= 4 is 6.09 Å². The second-order valence-electron chi connectivity index (χ2n) is 1.07. The summed E-state index contributed by atoms with van der Waals surface area (Å²) in [5.74, 6) is 9.48. The third-order valence-electron chi connectivity index (χ3n) is 0.345. The summed E-state index contributed by atoms with van der Waals surface area (Å²) in [6.45, 7) is 0. The van der Waals surface area contributed by atoms with E-state index in [1.165, 1.54) is 7.05 Å². The van der Waals surface area contributed by atoms with E-state index in [4.69, 9.17) is 5.84 Å². The molecule has 0 saturated heterocycles. The van der Waals surface area contributed by atoms with E-state index in [9.17, 15) is 4.79 Å². The van der Waals surface area contributed by atoms with Gasteiger partial charge in [-0.3, -0.25) is 5.43 Å². The zero-order valence-corrected chi connectivity index (χ0v) is 4.42. The normalized spacial score (nSPS) is 9.00. The molecular formula is C2H8N4O2. The molecule has 0 bridgehead atoms. The quantitative estimate of drug-likeness (QED) is 0.218. The van der Waals surface area contributed by atoms with Crippen LogP contribution in [0.3, 0.4) is 0 Å². The predicted octanol–water partition coefficient (Wildman–Crippen LogP) is -1.69. The second-order valence-corrected chi connectivity index (χ2v) is 1.07. The highest BCUT2D eigenvalue weighted by Gasteiger charge is 1.97. The Balaban J connectivity index is 3.25. The maximum absolute atomic E-state index is 10.0. The minimum Gasteiger partial charge on any atom is -0.335 e. The van der Waals surface area contributed by atoms with E-state index in [1.54, 1.807) is 5.43 Å². The molecule has 0 radical (unpaired) electrons. The number of hydrogen-bond acceptors (Lipinski definition) is 5. The fourth-order valence-corrected chi connectivity index (χ4v) is 0.157. The van der Waals surface area contributed by atoms with Crippen LogP contribution in [0.4, 0.5) is 4.79 Å². The summed E-state index contributed by atoms with van der Waals surface area (Å²) in [4.78, 5) is 14.2. The number of hydrazine groups is 2. The van der Waals surface area contributed by atoms with Gasteiger partial charge in [-0.2, -0.15) is 0 Å². The van der Waals surface area contributed by atoms with Gasteiger partial charge < -0.3 is 4.84 Å². The lowest BCUT2D eigenvalue weighted by Gasteiger charge is -2.06. The topological polar surface area (TPSA) is 93.6 Å². The van der Waals surface area contributed by atoms with Gasteiger partial charge in [0.25, 0.3) is 0 Å². The molecule has 48 valence electrons. The van der Waals surface area contributed by atoms with Crippen molar-refractivity contribution in [2.24, 2.45) is 11.7 Å². The Labute approximate surface area is 46.3 Å². The number of amides is 1. The highest BCUT2D eigenvalue weighted by molar-refractivity contribution is 5.65. The van der Waals surface area contributed by atoms with Crippen molar-refractivity contribution < 1.29 is 9.63 Å². The van der Waals surface area contributed by atoms with E-state index in [0.717, 1.165) is 5.17 Å². The van der Waals surface area contributed by atoms with Gasteiger partial charge in [-0.05, 0) is 0 Å². The average Bonchev–Trinajstić information content (AvgIpc) is 1.65. The zero-order chi connectivity index (χ0) is 6.57. The number of nitrogens with one attached hydrogen (secondary N) is 1. The van der Waals surface area contributed by atoms with E-state index in [-0.39, 0.29) is 0 Å². The molecule has 0 aliphatic heterocycles. The van der Waals surface area contributed by atoms with Crippen LogP contribution in [-0.4, -0.2) is 18.3 Å². The van der Waals surface area contributed by atoms with Crippen LogP contribution >= 0.6 is 0 Å². The third kappa shape index (κ3) is 3.34. The molecule has 0 saturated carbocycles. The van der Waals surface area contributed by atoms with Crippen LogP contribution in [0.1, 0.15) is 0 Å². The Morgan fingerprint density at radius 3 is 2.50 bits per heavy atom. The maximum atomic E-state index is 10.0. The monoisotopic (exact) mass is 120 g/mol. The molecule has 6 heteroatoms. The van der Waals surface area contributed by atoms with Crippen molar-refractivity contribution in [1.29, 1.82) is 0 Å². The molecule has 0 aromatic carbocycles. The SMILES string of the molecule is CN(N)OC(=O)NN. The number of rotatable bonds is 1. The summed E-state index contributed by atoms with van der Waals surface area (Å²) in [5, 5.41) is 0.738. The van der Waals surface area contributed by atoms with Crippen LogP contribution < -0.4 is 17.1 Å². The summed E-state index contributed by atoms with van der Waals surface area (Å²) < 4.78 is 0. The van der Waals surface area contributed by atoms with Gasteiger partial charge in [-0.15, -0.1) is 0 Å². The summed E-state index contributed by atoms with van der Waals surface area (Å²) in [5.41, 5.74) is 1.71. The summed E-state index contributed by atoms with van der Waals surface area (Å²) in [6, 6.07) is 0. The van der Waals surface area contributed by atoms with Gasteiger partial charge in [-0.1, -0.05) is 5.17 Å². The van der Waals surface area contributed by atoms with Crippen LogP contribution in [0, 0.1) is 0 Å². The first kappa shape index (κ1) is 7.15. The molecule has 0 aromatic heterocycles. The van der Waals surface area contributed by atoms with Crippen molar-refractivity contribution in [3.63, 3.8) is 0 Å². The fraction of sp³-hybridized carbons (Fsp3) is 0.500. The van der Waals surface area contributed by atoms with Crippen molar-refractivity contribution in [2.45, 2.75) is 0 Å². The van der Waals surface area contributed by atoms with E-state index in [2.05, 4.69) is 10.7 Å². The van der Waals surface area contributed by atoms with E-state index < -0.39 is 6.09 Å². The Bertz CT molecular complexity index is 82.1. The van der Waals surface area contributed by atoms with E-state index >= 15 is 0 Å². The van der Waals surface area contributed by atoms with Gasteiger partial charge in [0.15, 0.2) is 0 Å². The Hall–Kier alpha value is -0.850. The van der Waals surface area contributed by atoms with Crippen molar-refractivity contribution in [3.8, 4) is 0 Å². The molecule has 0 heterocycles. The first-order chi connectivity index (χ1) is 3.66. The van der Waals surface area contributed by atoms with Crippen molar-refractivity contribution in [1.82, 2.24) is 10.6 Å². The standard InChI is InChI=1S/C2H8N4O2/c1-6(4)8-2(7)5-3/h3-4H2,1H3,(H,5,7).